The van der Waals surface area contributed by atoms with Crippen molar-refractivity contribution in [2.45, 2.75) is 26.7 Å². The zero-order chi connectivity index (χ0) is 8.69. The Balaban J connectivity index is 3.42. The lowest BCUT2D eigenvalue weighted by atomic mass is 10.0. The molecule has 0 aromatic heterocycles. The number of amides is 2. The molecule has 66 valence electrons. The zero-order valence-electron chi connectivity index (χ0n) is 7.61. The van der Waals surface area contributed by atoms with Gasteiger partial charge in [-0.05, 0) is 5.92 Å². The van der Waals surface area contributed by atoms with Crippen LogP contribution in [-0.4, -0.2) is 19.6 Å². The molecule has 0 aliphatic heterocycles. The Labute approximate surface area is 68.6 Å². The number of urea groups is 1. The first-order valence-electron chi connectivity index (χ1n) is 4.20. The van der Waals surface area contributed by atoms with E-state index in [2.05, 4.69) is 24.5 Å². The highest BCUT2D eigenvalue weighted by atomic mass is 16.2. The Morgan fingerprint density at radius 3 is 2.27 bits per heavy atom. The second-order valence-electron chi connectivity index (χ2n) is 2.64. The van der Waals surface area contributed by atoms with E-state index >= 15 is 0 Å². The van der Waals surface area contributed by atoms with Crippen molar-refractivity contribution in [3.63, 3.8) is 0 Å². The van der Waals surface area contributed by atoms with E-state index in [4.69, 9.17) is 0 Å². The summed E-state index contributed by atoms with van der Waals surface area (Å²) in [5.74, 6) is 0.618. The maximum Gasteiger partial charge on any atom is 0.314 e. The van der Waals surface area contributed by atoms with E-state index in [1.165, 1.54) is 0 Å². The van der Waals surface area contributed by atoms with Gasteiger partial charge in [-0.1, -0.05) is 26.7 Å². The summed E-state index contributed by atoms with van der Waals surface area (Å²) < 4.78 is 0. The van der Waals surface area contributed by atoms with Gasteiger partial charge in [0.1, 0.15) is 0 Å². The third kappa shape index (κ3) is 4.65. The summed E-state index contributed by atoms with van der Waals surface area (Å²) >= 11 is 0. The highest BCUT2D eigenvalue weighted by Gasteiger charge is 2.03. The van der Waals surface area contributed by atoms with E-state index in [9.17, 15) is 4.79 Å². The summed E-state index contributed by atoms with van der Waals surface area (Å²) in [4.78, 5) is 10.7. The van der Waals surface area contributed by atoms with Gasteiger partial charge in [0.15, 0.2) is 0 Å². The van der Waals surface area contributed by atoms with Crippen LogP contribution in [0.3, 0.4) is 0 Å². The minimum atomic E-state index is -0.0862. The number of hydrogen-bond acceptors (Lipinski definition) is 1. The molecule has 0 unspecified atom stereocenters. The van der Waals surface area contributed by atoms with Crippen LogP contribution in [0.4, 0.5) is 4.79 Å². The molecule has 0 aromatic rings. The number of hydrogen-bond donors (Lipinski definition) is 2. The Kier molecular flexibility index (Phi) is 5.61. The summed E-state index contributed by atoms with van der Waals surface area (Å²) in [5, 5.41) is 5.30. The Hall–Kier alpha value is -0.730. The summed E-state index contributed by atoms with van der Waals surface area (Å²) in [6, 6.07) is -0.0862. The summed E-state index contributed by atoms with van der Waals surface area (Å²) in [5.41, 5.74) is 0. The van der Waals surface area contributed by atoms with Crippen molar-refractivity contribution in [1.82, 2.24) is 10.6 Å². The van der Waals surface area contributed by atoms with Gasteiger partial charge >= 0.3 is 6.03 Å². The van der Waals surface area contributed by atoms with Crippen LogP contribution >= 0.6 is 0 Å². The van der Waals surface area contributed by atoms with Gasteiger partial charge in [0.25, 0.3) is 0 Å². The van der Waals surface area contributed by atoms with E-state index in [0.29, 0.717) is 5.92 Å². The average Bonchev–Trinajstić information content (AvgIpc) is 2.06. The van der Waals surface area contributed by atoms with Gasteiger partial charge in [-0.3, -0.25) is 0 Å². The molecule has 0 atom stereocenters. The van der Waals surface area contributed by atoms with Crippen LogP contribution in [0.15, 0.2) is 0 Å². The van der Waals surface area contributed by atoms with Gasteiger partial charge in [-0.25, -0.2) is 4.79 Å². The molecule has 0 aromatic carbocycles. The first-order chi connectivity index (χ1) is 5.24. The highest BCUT2D eigenvalue weighted by Crippen LogP contribution is 2.04. The number of carbonyl (C=O) groups excluding carboxylic acids is 1. The smallest absolute Gasteiger partial charge is 0.314 e. The highest BCUT2D eigenvalue weighted by molar-refractivity contribution is 5.73. The molecule has 2 amide bonds. The summed E-state index contributed by atoms with van der Waals surface area (Å²) in [6.45, 7) is 5.06. The van der Waals surface area contributed by atoms with Crippen LogP contribution < -0.4 is 10.6 Å². The molecule has 0 bridgehead atoms. The van der Waals surface area contributed by atoms with E-state index in [1.54, 1.807) is 7.05 Å². The molecule has 0 aliphatic carbocycles. The molecular weight excluding hydrogens is 140 g/mol. The minimum Gasteiger partial charge on any atom is -0.341 e. The average molecular weight is 158 g/mol. The van der Waals surface area contributed by atoms with Crippen LogP contribution in [-0.2, 0) is 0 Å². The van der Waals surface area contributed by atoms with Crippen molar-refractivity contribution in [1.29, 1.82) is 0 Å². The molecule has 0 heterocycles. The SMILES string of the molecule is CCC(CC)CNC(=O)NC. The zero-order valence-corrected chi connectivity index (χ0v) is 7.61. The molecule has 3 nitrogen and oxygen atoms in total. The summed E-state index contributed by atoms with van der Waals surface area (Å²) in [6.07, 6.45) is 2.25. The molecule has 0 spiro atoms. The predicted molar refractivity (Wildman–Crippen MR) is 46.5 cm³/mol. The maximum absolute atomic E-state index is 10.7. The van der Waals surface area contributed by atoms with Gasteiger partial charge in [-0.15, -0.1) is 0 Å². The minimum absolute atomic E-state index is 0.0862. The van der Waals surface area contributed by atoms with Crippen molar-refractivity contribution in [2.24, 2.45) is 5.92 Å². The van der Waals surface area contributed by atoms with E-state index in [0.717, 1.165) is 19.4 Å². The third-order valence-electron chi connectivity index (χ3n) is 1.93. The summed E-state index contributed by atoms with van der Waals surface area (Å²) in [7, 11) is 1.63. The number of rotatable bonds is 4. The van der Waals surface area contributed by atoms with Crippen LogP contribution in [0.1, 0.15) is 26.7 Å². The van der Waals surface area contributed by atoms with Crippen LogP contribution in [0.5, 0.6) is 0 Å². The molecule has 0 fully saturated rings. The second kappa shape index (κ2) is 6.01. The van der Waals surface area contributed by atoms with Crippen molar-refractivity contribution in [2.75, 3.05) is 13.6 Å². The fourth-order valence-corrected chi connectivity index (χ4v) is 0.903. The van der Waals surface area contributed by atoms with Gasteiger partial charge < -0.3 is 10.6 Å². The van der Waals surface area contributed by atoms with Crippen LogP contribution in [0.25, 0.3) is 0 Å². The first-order valence-corrected chi connectivity index (χ1v) is 4.20. The van der Waals surface area contributed by atoms with Gasteiger partial charge in [0.05, 0.1) is 0 Å². The lowest BCUT2D eigenvalue weighted by Gasteiger charge is -2.12. The number of carbonyl (C=O) groups is 1. The first kappa shape index (κ1) is 10.3. The van der Waals surface area contributed by atoms with E-state index in [1.807, 2.05) is 0 Å². The lowest BCUT2D eigenvalue weighted by Crippen LogP contribution is -2.35. The van der Waals surface area contributed by atoms with Gasteiger partial charge in [0, 0.05) is 13.6 Å². The van der Waals surface area contributed by atoms with E-state index in [-0.39, 0.29) is 6.03 Å². The molecular formula is C8H18N2O. The third-order valence-corrected chi connectivity index (χ3v) is 1.93. The number of nitrogens with one attached hydrogen (secondary N) is 2. The topological polar surface area (TPSA) is 41.1 Å². The van der Waals surface area contributed by atoms with Crippen molar-refractivity contribution >= 4 is 6.03 Å². The molecule has 2 N–H and O–H groups in total. The predicted octanol–water partition coefficient (Wildman–Crippen LogP) is 1.35. The normalized spacial score (nSPS) is 9.82. The quantitative estimate of drug-likeness (QED) is 0.637. The van der Waals surface area contributed by atoms with E-state index < -0.39 is 0 Å². The largest absolute Gasteiger partial charge is 0.341 e. The Bertz CT molecular complexity index is 111. The lowest BCUT2D eigenvalue weighted by molar-refractivity contribution is 0.240. The van der Waals surface area contributed by atoms with Crippen molar-refractivity contribution in [3.8, 4) is 0 Å². The fourth-order valence-electron chi connectivity index (χ4n) is 0.903. The monoisotopic (exact) mass is 158 g/mol. The van der Waals surface area contributed by atoms with Crippen LogP contribution in [0, 0.1) is 5.92 Å². The maximum atomic E-state index is 10.7. The molecule has 3 heteroatoms. The molecule has 0 saturated carbocycles. The second-order valence-corrected chi connectivity index (χ2v) is 2.64. The Morgan fingerprint density at radius 1 is 1.36 bits per heavy atom. The van der Waals surface area contributed by atoms with Gasteiger partial charge in [-0.2, -0.15) is 0 Å². The van der Waals surface area contributed by atoms with Crippen LogP contribution in [0.2, 0.25) is 0 Å². The molecule has 0 rings (SSSR count). The molecule has 11 heavy (non-hydrogen) atoms. The standard InChI is InChI=1S/C8H18N2O/c1-4-7(5-2)6-10-8(11)9-3/h7H,4-6H2,1-3H3,(H2,9,10,11). The molecule has 0 radical (unpaired) electrons. The molecule has 0 aliphatic rings. The van der Waals surface area contributed by atoms with Gasteiger partial charge in [0.2, 0.25) is 0 Å². The van der Waals surface area contributed by atoms with Crippen molar-refractivity contribution in [3.05, 3.63) is 0 Å². The van der Waals surface area contributed by atoms with Crippen molar-refractivity contribution < 1.29 is 4.79 Å². The fraction of sp³-hybridized carbons (Fsp3) is 0.875. The Morgan fingerprint density at radius 2 is 1.91 bits per heavy atom. The molecule has 0 saturated heterocycles.